The smallest absolute Gasteiger partial charge is 0.399 e. The van der Waals surface area contributed by atoms with Crippen LogP contribution in [0.3, 0.4) is 0 Å². The van der Waals surface area contributed by atoms with Crippen LogP contribution in [-0.4, -0.2) is 32.1 Å². The van der Waals surface area contributed by atoms with E-state index in [1.807, 2.05) is 91.9 Å². The van der Waals surface area contributed by atoms with Gasteiger partial charge in [-0.1, -0.05) is 96.1 Å². The summed E-state index contributed by atoms with van der Waals surface area (Å²) in [5, 5.41) is 8.47. The number of aryl methyl sites for hydroxylation is 1. The lowest BCUT2D eigenvalue weighted by atomic mass is 9.98. The fraction of sp³-hybridized carbons (Fsp3) is 0.156. The van der Waals surface area contributed by atoms with Gasteiger partial charge in [0.05, 0.1) is 18.5 Å². The Morgan fingerprint density at radius 1 is 0.953 bits per heavy atom. The number of H-pyrrole nitrogens is 1. The highest BCUT2D eigenvalue weighted by atomic mass is 32.1. The lowest BCUT2D eigenvalue weighted by Crippen LogP contribution is -2.41. The fourth-order valence-electron chi connectivity index (χ4n) is 5.03. The van der Waals surface area contributed by atoms with Crippen molar-refractivity contribution in [3.63, 3.8) is 0 Å². The molecule has 0 aliphatic carbocycles. The molecule has 0 fully saturated rings. The zero-order chi connectivity index (χ0) is 29.9. The van der Waals surface area contributed by atoms with Crippen LogP contribution in [0.15, 0.2) is 109 Å². The summed E-state index contributed by atoms with van der Waals surface area (Å²) in [5.41, 5.74) is 3.81. The molecule has 0 spiro atoms. The molecule has 11 heteroatoms. The molecule has 43 heavy (non-hydrogen) atoms. The molecule has 6 aromatic rings. The van der Waals surface area contributed by atoms with Gasteiger partial charge in [-0.2, -0.15) is 0 Å². The molecule has 216 valence electrons. The van der Waals surface area contributed by atoms with E-state index in [4.69, 9.17) is 9.36 Å². The molecule has 0 saturated carbocycles. The molecule has 0 aliphatic rings. The number of nitrogens with one attached hydrogen (secondary N) is 1. The second-order valence-electron chi connectivity index (χ2n) is 9.82. The molecule has 0 bridgehead atoms. The molecular weight excluding hydrogens is 566 g/mol. The number of oxime groups is 1. The van der Waals surface area contributed by atoms with E-state index in [9.17, 15) is 14.4 Å². The monoisotopic (exact) mass is 593 g/mol. The number of aromatic nitrogens is 4. The standard InChI is InChI=1S/C32H27N5O5S/c1-3-23-17-26-29(38)36(19-27(34-41-2)22-9-5-4-6-10-22)32(40)37(30(26)43-23)18-20-13-15-21(16-14-20)24-11-7-8-12-25(24)28-33-31(39)42-35-28/h4-17H,3,18-19H2,1-2H3,(H,33,35,39)/b34-27+. The molecule has 3 aromatic carbocycles. The van der Waals surface area contributed by atoms with Crippen LogP contribution < -0.4 is 17.0 Å². The van der Waals surface area contributed by atoms with Gasteiger partial charge in [0, 0.05) is 16.0 Å². The average molecular weight is 594 g/mol. The summed E-state index contributed by atoms with van der Waals surface area (Å²) in [4.78, 5) is 48.5. The summed E-state index contributed by atoms with van der Waals surface area (Å²) in [7, 11) is 1.44. The van der Waals surface area contributed by atoms with Crippen molar-refractivity contribution in [2.24, 2.45) is 5.16 Å². The second kappa shape index (κ2) is 11.9. The Morgan fingerprint density at radius 2 is 1.67 bits per heavy atom. The summed E-state index contributed by atoms with van der Waals surface area (Å²) in [5.74, 6) is -0.278. The lowest BCUT2D eigenvalue weighted by Gasteiger charge is -2.14. The van der Waals surface area contributed by atoms with Gasteiger partial charge in [-0.05, 0) is 29.2 Å². The van der Waals surface area contributed by atoms with Gasteiger partial charge in [0.25, 0.3) is 5.56 Å². The zero-order valence-electron chi connectivity index (χ0n) is 23.4. The Labute approximate surface area is 249 Å². The van der Waals surface area contributed by atoms with Gasteiger partial charge in [-0.25, -0.2) is 9.59 Å². The van der Waals surface area contributed by atoms with Gasteiger partial charge in [-0.15, -0.1) is 11.3 Å². The number of benzene rings is 3. The Kier molecular flexibility index (Phi) is 7.71. The third kappa shape index (κ3) is 5.50. The van der Waals surface area contributed by atoms with Crippen LogP contribution >= 0.6 is 11.3 Å². The average Bonchev–Trinajstić information content (AvgIpc) is 3.68. The molecule has 1 N–H and O–H groups in total. The predicted octanol–water partition coefficient (Wildman–Crippen LogP) is 4.90. The van der Waals surface area contributed by atoms with Crippen molar-refractivity contribution in [2.45, 2.75) is 26.4 Å². The van der Waals surface area contributed by atoms with Crippen molar-refractivity contribution in [1.29, 1.82) is 0 Å². The maximum atomic E-state index is 14.0. The van der Waals surface area contributed by atoms with Gasteiger partial charge < -0.3 is 4.84 Å². The number of fused-ring (bicyclic) bond motifs is 1. The first kappa shape index (κ1) is 27.9. The minimum absolute atomic E-state index is 0.0391. The first-order chi connectivity index (χ1) is 21.0. The van der Waals surface area contributed by atoms with Crippen molar-refractivity contribution in [3.05, 3.63) is 132 Å². The Balaban J connectivity index is 1.40. The van der Waals surface area contributed by atoms with Gasteiger partial charge in [-0.3, -0.25) is 23.4 Å². The Hall–Kier alpha value is -5.29. The number of rotatable bonds is 9. The molecule has 0 unspecified atom stereocenters. The van der Waals surface area contributed by atoms with Crippen LogP contribution in [0.1, 0.15) is 22.9 Å². The van der Waals surface area contributed by atoms with E-state index in [0.717, 1.165) is 39.1 Å². The number of aromatic amines is 1. The van der Waals surface area contributed by atoms with Crippen molar-refractivity contribution < 1.29 is 9.36 Å². The fourth-order valence-corrected chi connectivity index (χ4v) is 6.10. The second-order valence-corrected chi connectivity index (χ2v) is 10.9. The van der Waals surface area contributed by atoms with E-state index < -0.39 is 11.4 Å². The van der Waals surface area contributed by atoms with Gasteiger partial charge in [0.15, 0.2) is 5.82 Å². The molecule has 3 heterocycles. The molecule has 0 saturated heterocycles. The van der Waals surface area contributed by atoms with Crippen molar-refractivity contribution in [3.8, 4) is 22.5 Å². The highest BCUT2D eigenvalue weighted by molar-refractivity contribution is 7.18. The number of hydrogen-bond acceptors (Lipinski definition) is 8. The molecular formula is C32H27N5O5S. The highest BCUT2D eigenvalue weighted by Gasteiger charge is 2.19. The molecule has 6 rings (SSSR count). The molecule has 0 radical (unpaired) electrons. The highest BCUT2D eigenvalue weighted by Crippen LogP contribution is 2.30. The largest absolute Gasteiger partial charge is 0.439 e. The van der Waals surface area contributed by atoms with E-state index in [-0.39, 0.29) is 18.6 Å². The summed E-state index contributed by atoms with van der Waals surface area (Å²) in [6, 6.07) is 26.6. The third-order valence-electron chi connectivity index (χ3n) is 7.14. The summed E-state index contributed by atoms with van der Waals surface area (Å²) < 4.78 is 7.58. The summed E-state index contributed by atoms with van der Waals surface area (Å²) in [6.45, 7) is 2.25. The minimum Gasteiger partial charge on any atom is -0.399 e. The molecule has 3 aromatic heterocycles. The van der Waals surface area contributed by atoms with Crippen molar-refractivity contribution in [2.75, 3.05) is 7.11 Å². The number of thiophene rings is 1. The van der Waals surface area contributed by atoms with E-state index in [0.29, 0.717) is 21.8 Å². The zero-order valence-corrected chi connectivity index (χ0v) is 24.3. The maximum Gasteiger partial charge on any atom is 0.439 e. The van der Waals surface area contributed by atoms with Gasteiger partial charge in [0.1, 0.15) is 17.7 Å². The molecule has 0 aliphatic heterocycles. The number of nitrogens with zero attached hydrogens (tertiary/aromatic N) is 4. The summed E-state index contributed by atoms with van der Waals surface area (Å²) in [6.07, 6.45) is 0.748. The minimum atomic E-state index is -0.623. The van der Waals surface area contributed by atoms with Gasteiger partial charge >= 0.3 is 11.4 Å². The van der Waals surface area contributed by atoms with Crippen molar-refractivity contribution in [1.82, 2.24) is 19.3 Å². The van der Waals surface area contributed by atoms with Crippen LogP contribution in [0, 0.1) is 0 Å². The maximum absolute atomic E-state index is 14.0. The predicted molar refractivity (Wildman–Crippen MR) is 167 cm³/mol. The summed E-state index contributed by atoms with van der Waals surface area (Å²) >= 11 is 1.46. The van der Waals surface area contributed by atoms with Crippen LogP contribution in [0.5, 0.6) is 0 Å². The Morgan fingerprint density at radius 3 is 2.35 bits per heavy atom. The number of hydrogen-bond donors (Lipinski definition) is 1. The van der Waals surface area contributed by atoms with E-state index in [1.165, 1.54) is 23.0 Å². The first-order valence-corrected chi connectivity index (χ1v) is 14.4. The Bertz CT molecular complexity index is 2120. The third-order valence-corrected chi connectivity index (χ3v) is 8.44. The van der Waals surface area contributed by atoms with E-state index >= 15 is 0 Å². The molecule has 0 atom stereocenters. The lowest BCUT2D eigenvalue weighted by molar-refractivity contribution is 0.212. The van der Waals surface area contributed by atoms with Crippen LogP contribution in [0.2, 0.25) is 0 Å². The van der Waals surface area contributed by atoms with Crippen LogP contribution in [0.4, 0.5) is 0 Å². The first-order valence-electron chi connectivity index (χ1n) is 13.6. The normalized spacial score (nSPS) is 11.7. The van der Waals surface area contributed by atoms with Crippen LogP contribution in [0.25, 0.3) is 32.7 Å². The van der Waals surface area contributed by atoms with E-state index in [1.54, 1.807) is 4.57 Å². The van der Waals surface area contributed by atoms with Crippen molar-refractivity contribution >= 4 is 27.3 Å². The van der Waals surface area contributed by atoms with Gasteiger partial charge in [0.2, 0.25) is 0 Å². The van der Waals surface area contributed by atoms with E-state index in [2.05, 4.69) is 15.3 Å². The molecule has 0 amide bonds. The molecule has 10 nitrogen and oxygen atoms in total. The quantitative estimate of drug-likeness (QED) is 0.188. The SMILES string of the molecule is CCc1cc2c(=O)n(C/C(=N\OC)c3ccccc3)c(=O)n(Cc3ccc(-c4ccccc4-c4noc(=O)[nH]4)cc3)c2s1. The topological polar surface area (TPSA) is 124 Å². The van der Waals surface area contributed by atoms with Crippen LogP contribution in [-0.2, 0) is 24.3 Å².